The molecule has 0 saturated heterocycles. The van der Waals surface area contributed by atoms with Gasteiger partial charge >= 0.3 is 11.9 Å². The van der Waals surface area contributed by atoms with Crippen LogP contribution in [0.25, 0.3) is 0 Å². The van der Waals surface area contributed by atoms with Gasteiger partial charge in [-0.2, -0.15) is 0 Å². The highest BCUT2D eigenvalue weighted by molar-refractivity contribution is 5.67. The summed E-state index contributed by atoms with van der Waals surface area (Å²) in [6.07, 6.45) is 13.2. The maximum atomic E-state index is 10.7. The molecule has 0 unspecified atom stereocenters. The largest absolute Gasteiger partial charge is 0.481 e. The molecule has 0 aliphatic carbocycles. The summed E-state index contributed by atoms with van der Waals surface area (Å²) in [5.41, 5.74) is -0.226. The van der Waals surface area contributed by atoms with Crippen LogP contribution in [0.5, 0.6) is 0 Å². The minimum absolute atomic E-state index is 0.113. The molecule has 0 aromatic heterocycles. The van der Waals surface area contributed by atoms with Gasteiger partial charge in [0.15, 0.2) is 0 Å². The number of rotatable bonds is 14. The minimum atomic E-state index is -0.716. The van der Waals surface area contributed by atoms with Gasteiger partial charge in [0, 0.05) is 0 Å². The van der Waals surface area contributed by atoms with Crippen molar-refractivity contribution in [3.8, 4) is 0 Å². The van der Waals surface area contributed by atoms with E-state index in [-0.39, 0.29) is 23.7 Å². The highest BCUT2D eigenvalue weighted by Gasteiger charge is 2.21. The van der Waals surface area contributed by atoms with Gasteiger partial charge in [-0.3, -0.25) is 9.59 Å². The standard InChI is InChI=1S/C20H36O4/c1-19(2,15-17(21)22)13-11-9-7-5-6-8-10-12-14-20(3,4)16-18(23)24/h5-6H,7-16H2,1-4H3,(H,21,22)(H,23,24). The van der Waals surface area contributed by atoms with Crippen LogP contribution in [-0.4, -0.2) is 22.2 Å². The Balaban J connectivity index is 3.64. The molecule has 24 heavy (non-hydrogen) atoms. The van der Waals surface area contributed by atoms with Gasteiger partial charge in [0.1, 0.15) is 0 Å². The molecule has 0 aliphatic rings. The van der Waals surface area contributed by atoms with Crippen LogP contribution in [0.1, 0.15) is 91.9 Å². The van der Waals surface area contributed by atoms with E-state index < -0.39 is 11.9 Å². The molecular formula is C20H36O4. The summed E-state index contributed by atoms with van der Waals surface area (Å²) in [7, 11) is 0. The van der Waals surface area contributed by atoms with E-state index in [0.717, 1.165) is 51.4 Å². The van der Waals surface area contributed by atoms with Gasteiger partial charge < -0.3 is 10.2 Å². The first-order valence-electron chi connectivity index (χ1n) is 9.13. The molecule has 4 heteroatoms. The van der Waals surface area contributed by atoms with E-state index in [1.54, 1.807) is 0 Å². The van der Waals surface area contributed by atoms with E-state index in [2.05, 4.69) is 12.2 Å². The number of carboxylic acids is 2. The van der Waals surface area contributed by atoms with Gasteiger partial charge in [-0.1, -0.05) is 52.7 Å². The van der Waals surface area contributed by atoms with Gasteiger partial charge in [-0.25, -0.2) is 0 Å². The lowest BCUT2D eigenvalue weighted by molar-refractivity contribution is -0.140. The zero-order valence-corrected chi connectivity index (χ0v) is 15.9. The fourth-order valence-electron chi connectivity index (χ4n) is 2.96. The zero-order chi connectivity index (χ0) is 18.6. The van der Waals surface area contributed by atoms with Crippen molar-refractivity contribution in [2.24, 2.45) is 10.8 Å². The van der Waals surface area contributed by atoms with Crippen molar-refractivity contribution in [3.63, 3.8) is 0 Å². The third-order valence-electron chi connectivity index (χ3n) is 4.37. The topological polar surface area (TPSA) is 74.6 Å². The smallest absolute Gasteiger partial charge is 0.303 e. The molecule has 0 spiro atoms. The second-order valence-corrected chi connectivity index (χ2v) is 8.43. The van der Waals surface area contributed by atoms with Crippen LogP contribution in [0, 0.1) is 10.8 Å². The van der Waals surface area contributed by atoms with Crippen molar-refractivity contribution in [3.05, 3.63) is 12.2 Å². The van der Waals surface area contributed by atoms with Gasteiger partial charge in [0.05, 0.1) is 12.8 Å². The Bertz CT molecular complexity index is 370. The molecule has 0 radical (unpaired) electrons. The van der Waals surface area contributed by atoms with Crippen LogP contribution in [-0.2, 0) is 9.59 Å². The number of hydrogen-bond donors (Lipinski definition) is 2. The number of hydrogen-bond acceptors (Lipinski definition) is 2. The fraction of sp³-hybridized carbons (Fsp3) is 0.800. The second kappa shape index (κ2) is 11.3. The van der Waals surface area contributed by atoms with E-state index in [4.69, 9.17) is 10.2 Å². The Morgan fingerprint density at radius 1 is 0.708 bits per heavy atom. The van der Waals surface area contributed by atoms with Crippen LogP contribution in [0.2, 0.25) is 0 Å². The molecule has 4 nitrogen and oxygen atoms in total. The molecule has 0 heterocycles. The van der Waals surface area contributed by atoms with Crippen LogP contribution >= 0.6 is 0 Å². The molecule has 0 rings (SSSR count). The molecule has 140 valence electrons. The van der Waals surface area contributed by atoms with Crippen molar-refractivity contribution < 1.29 is 19.8 Å². The lowest BCUT2D eigenvalue weighted by Gasteiger charge is -2.22. The normalized spacial score (nSPS) is 12.7. The lowest BCUT2D eigenvalue weighted by atomic mass is 9.83. The molecule has 0 aliphatic heterocycles. The highest BCUT2D eigenvalue weighted by Crippen LogP contribution is 2.28. The predicted molar refractivity (Wildman–Crippen MR) is 98.1 cm³/mol. The number of carboxylic acid groups (broad SMARTS) is 2. The Labute approximate surface area is 147 Å². The molecule has 0 amide bonds. The van der Waals surface area contributed by atoms with E-state index in [9.17, 15) is 9.59 Å². The van der Waals surface area contributed by atoms with E-state index in [1.165, 1.54) is 0 Å². The number of allylic oxidation sites excluding steroid dienone is 2. The summed E-state index contributed by atoms with van der Waals surface area (Å²) in [5.74, 6) is -1.43. The highest BCUT2D eigenvalue weighted by atomic mass is 16.4. The van der Waals surface area contributed by atoms with Crippen LogP contribution in [0.3, 0.4) is 0 Å². The third kappa shape index (κ3) is 14.3. The van der Waals surface area contributed by atoms with Crippen molar-refractivity contribution in [1.82, 2.24) is 0 Å². The molecule has 0 aromatic carbocycles. The summed E-state index contributed by atoms with van der Waals surface area (Å²) < 4.78 is 0. The summed E-state index contributed by atoms with van der Waals surface area (Å²) >= 11 is 0. The van der Waals surface area contributed by atoms with Crippen molar-refractivity contribution >= 4 is 11.9 Å². The van der Waals surface area contributed by atoms with Crippen LogP contribution < -0.4 is 0 Å². The summed E-state index contributed by atoms with van der Waals surface area (Å²) in [6.45, 7) is 8.07. The molecule has 0 fully saturated rings. The monoisotopic (exact) mass is 340 g/mol. The van der Waals surface area contributed by atoms with Crippen molar-refractivity contribution in [1.29, 1.82) is 0 Å². The first-order valence-corrected chi connectivity index (χ1v) is 9.13. The second-order valence-electron chi connectivity index (χ2n) is 8.43. The first kappa shape index (κ1) is 22.7. The molecule has 0 aromatic rings. The molecular weight excluding hydrogens is 304 g/mol. The molecule has 0 bridgehead atoms. The average Bonchev–Trinajstić information content (AvgIpc) is 2.37. The fourth-order valence-corrected chi connectivity index (χ4v) is 2.96. The molecule has 2 N–H and O–H groups in total. The maximum Gasteiger partial charge on any atom is 0.303 e. The summed E-state index contributed by atoms with van der Waals surface area (Å²) in [5, 5.41) is 17.7. The molecule has 0 saturated carbocycles. The predicted octanol–water partition coefficient (Wildman–Crippen LogP) is 5.67. The third-order valence-corrected chi connectivity index (χ3v) is 4.37. The summed E-state index contributed by atoms with van der Waals surface area (Å²) in [4.78, 5) is 21.5. The van der Waals surface area contributed by atoms with Crippen molar-refractivity contribution in [2.75, 3.05) is 0 Å². The summed E-state index contributed by atoms with van der Waals surface area (Å²) in [6, 6.07) is 0. The molecule has 0 atom stereocenters. The van der Waals surface area contributed by atoms with Crippen LogP contribution in [0.15, 0.2) is 12.2 Å². The van der Waals surface area contributed by atoms with Gasteiger partial charge in [0.2, 0.25) is 0 Å². The number of aliphatic carboxylic acids is 2. The first-order chi connectivity index (χ1) is 11.0. The zero-order valence-electron chi connectivity index (χ0n) is 15.9. The minimum Gasteiger partial charge on any atom is -0.481 e. The lowest BCUT2D eigenvalue weighted by Crippen LogP contribution is -2.16. The Kier molecular flexibility index (Phi) is 10.7. The van der Waals surface area contributed by atoms with E-state index in [1.807, 2.05) is 27.7 Å². The van der Waals surface area contributed by atoms with Crippen LogP contribution in [0.4, 0.5) is 0 Å². The van der Waals surface area contributed by atoms with Gasteiger partial charge in [-0.15, -0.1) is 0 Å². The quantitative estimate of drug-likeness (QED) is 0.316. The average molecular weight is 341 g/mol. The maximum absolute atomic E-state index is 10.7. The number of unbranched alkanes of at least 4 members (excludes halogenated alkanes) is 4. The van der Waals surface area contributed by atoms with E-state index in [0.29, 0.717) is 0 Å². The Morgan fingerprint density at radius 2 is 1.04 bits per heavy atom. The number of carbonyl (C=O) groups is 2. The Hall–Kier alpha value is -1.32. The van der Waals surface area contributed by atoms with E-state index >= 15 is 0 Å². The van der Waals surface area contributed by atoms with Gasteiger partial charge in [0.25, 0.3) is 0 Å². The van der Waals surface area contributed by atoms with Crippen molar-refractivity contribution in [2.45, 2.75) is 91.9 Å². The van der Waals surface area contributed by atoms with Gasteiger partial charge in [-0.05, 0) is 49.4 Å². The SMILES string of the molecule is CC(C)(CCCCC=CCCCCC(C)(C)CC(=O)O)CC(=O)O. The Morgan fingerprint density at radius 3 is 1.33 bits per heavy atom.